The number of rotatable bonds is 13. The van der Waals surface area contributed by atoms with E-state index >= 15 is 0 Å². The molecule has 256 valence electrons. The van der Waals surface area contributed by atoms with Crippen molar-refractivity contribution < 1.29 is 44.0 Å². The number of aliphatic carboxylic acids is 4. The molecule has 48 heavy (non-hydrogen) atoms. The molecule has 0 amide bonds. The second kappa shape index (κ2) is 20.9. The molecule has 2 aromatic heterocycles. The van der Waals surface area contributed by atoms with Crippen LogP contribution in [0.4, 0.5) is 17.8 Å². The molecule has 0 spiro atoms. The monoisotopic (exact) mass is 665 g/mol. The predicted molar refractivity (Wildman–Crippen MR) is 179 cm³/mol. The molecule has 1 fully saturated rings. The Morgan fingerprint density at radius 3 is 1.67 bits per heavy atom. The highest BCUT2D eigenvalue weighted by Gasteiger charge is 2.21. The summed E-state index contributed by atoms with van der Waals surface area (Å²) in [5, 5.41) is 38.9. The van der Waals surface area contributed by atoms with Crippen LogP contribution in [0.2, 0.25) is 0 Å². The Morgan fingerprint density at radius 2 is 1.23 bits per heavy atom. The van der Waals surface area contributed by atoms with Crippen LogP contribution in [-0.4, -0.2) is 103 Å². The number of piperazine rings is 1. The SMILES string of the molecule is C/C=C/CNc1nc(NC/C=C/C)nc(N2CCN(Cc3cc4ccccc4o3)CC2)n1.O=C(O)/C=C/C(=O)O.O=C(O)/C=C/C(=O)O. The number of fused-ring (bicyclic) bond motifs is 1. The van der Waals surface area contributed by atoms with Gasteiger partial charge in [0.2, 0.25) is 17.8 Å². The summed E-state index contributed by atoms with van der Waals surface area (Å²) in [5.41, 5.74) is 0.946. The lowest BCUT2D eigenvalue weighted by atomic mass is 10.2. The number of carboxylic acids is 4. The van der Waals surface area contributed by atoms with Gasteiger partial charge in [0.15, 0.2) is 0 Å². The first-order chi connectivity index (χ1) is 23.0. The van der Waals surface area contributed by atoms with E-state index in [-0.39, 0.29) is 0 Å². The third-order valence-corrected chi connectivity index (χ3v) is 6.10. The number of furan rings is 1. The van der Waals surface area contributed by atoms with Crippen molar-refractivity contribution in [3.8, 4) is 0 Å². The fraction of sp³-hybridized carbons (Fsp3) is 0.281. The third kappa shape index (κ3) is 15.3. The van der Waals surface area contributed by atoms with Crippen LogP contribution in [0.15, 0.2) is 83.4 Å². The van der Waals surface area contributed by atoms with E-state index < -0.39 is 23.9 Å². The average Bonchev–Trinajstić information content (AvgIpc) is 3.46. The van der Waals surface area contributed by atoms with E-state index in [1.165, 1.54) is 0 Å². The van der Waals surface area contributed by atoms with Crippen molar-refractivity contribution in [2.24, 2.45) is 0 Å². The lowest BCUT2D eigenvalue weighted by Crippen LogP contribution is -2.46. The van der Waals surface area contributed by atoms with Gasteiger partial charge in [-0.1, -0.05) is 42.5 Å². The minimum Gasteiger partial charge on any atom is -0.478 e. The van der Waals surface area contributed by atoms with Crippen molar-refractivity contribution in [2.45, 2.75) is 20.4 Å². The summed E-state index contributed by atoms with van der Waals surface area (Å²) in [5.74, 6) is -2.15. The lowest BCUT2D eigenvalue weighted by Gasteiger charge is -2.34. The maximum atomic E-state index is 9.55. The van der Waals surface area contributed by atoms with Gasteiger partial charge in [-0.15, -0.1) is 0 Å². The molecule has 1 aromatic carbocycles. The smallest absolute Gasteiger partial charge is 0.328 e. The van der Waals surface area contributed by atoms with Gasteiger partial charge in [0.25, 0.3) is 0 Å². The zero-order valence-corrected chi connectivity index (χ0v) is 26.5. The topological polar surface area (TPSA) is 232 Å². The molecule has 1 saturated heterocycles. The van der Waals surface area contributed by atoms with Crippen LogP contribution < -0.4 is 15.5 Å². The van der Waals surface area contributed by atoms with Crippen molar-refractivity contribution in [2.75, 3.05) is 54.8 Å². The molecule has 16 heteroatoms. The van der Waals surface area contributed by atoms with Crippen LogP contribution in [0.5, 0.6) is 0 Å². The van der Waals surface area contributed by atoms with E-state index in [1.807, 2.05) is 56.4 Å². The standard InChI is InChI=1S/C24H31N7O.2C4H4O4/c1-3-5-11-25-22-27-23(26-12-6-4-2)29-24(28-22)31-15-13-30(14-16-31)18-20-17-19-9-7-8-10-21(19)32-20;2*5-3(6)1-2-4(7)8/h3-10,17H,11-16,18H2,1-2H3,(H2,25,26,27,28,29);2*1-2H,(H,5,6)(H,7,8)/b5-3+,6-4+;2*2-1+. The first-order valence-corrected chi connectivity index (χ1v) is 14.7. The normalized spacial score (nSPS) is 13.3. The highest BCUT2D eigenvalue weighted by molar-refractivity contribution is 5.90. The van der Waals surface area contributed by atoms with Crippen LogP contribution in [0.3, 0.4) is 0 Å². The maximum absolute atomic E-state index is 9.55. The molecular weight excluding hydrogens is 626 g/mol. The molecule has 0 radical (unpaired) electrons. The molecule has 3 heterocycles. The van der Waals surface area contributed by atoms with Crippen molar-refractivity contribution >= 4 is 52.7 Å². The first-order valence-electron chi connectivity index (χ1n) is 14.7. The largest absolute Gasteiger partial charge is 0.478 e. The van der Waals surface area contributed by atoms with Crippen LogP contribution in [-0.2, 0) is 25.7 Å². The summed E-state index contributed by atoms with van der Waals surface area (Å²) in [4.78, 5) is 56.7. The Morgan fingerprint density at radius 1 is 0.750 bits per heavy atom. The van der Waals surface area contributed by atoms with Gasteiger partial charge in [-0.25, -0.2) is 19.2 Å². The van der Waals surface area contributed by atoms with Crippen molar-refractivity contribution in [3.05, 3.63) is 84.7 Å². The van der Waals surface area contributed by atoms with Crippen LogP contribution in [0.25, 0.3) is 11.0 Å². The molecule has 1 aliphatic heterocycles. The molecule has 16 nitrogen and oxygen atoms in total. The van der Waals surface area contributed by atoms with E-state index in [2.05, 4.69) is 47.5 Å². The minimum absolute atomic E-state index is 0.558. The van der Waals surface area contributed by atoms with Gasteiger partial charge in [-0.3, -0.25) is 4.90 Å². The number of para-hydroxylation sites is 1. The van der Waals surface area contributed by atoms with Crippen LogP contribution in [0, 0.1) is 0 Å². The van der Waals surface area contributed by atoms with Gasteiger partial charge in [0, 0.05) is 69.0 Å². The summed E-state index contributed by atoms with van der Waals surface area (Å²) in [6.45, 7) is 9.71. The highest BCUT2D eigenvalue weighted by Crippen LogP contribution is 2.21. The van der Waals surface area contributed by atoms with Crippen molar-refractivity contribution in [1.29, 1.82) is 0 Å². The van der Waals surface area contributed by atoms with Crippen molar-refractivity contribution in [3.63, 3.8) is 0 Å². The lowest BCUT2D eigenvalue weighted by molar-refractivity contribution is -0.134. The Bertz CT molecular complexity index is 1490. The van der Waals surface area contributed by atoms with E-state index in [4.69, 9.17) is 24.8 Å². The minimum atomic E-state index is -1.26. The third-order valence-electron chi connectivity index (χ3n) is 6.10. The fourth-order valence-corrected chi connectivity index (χ4v) is 3.93. The van der Waals surface area contributed by atoms with E-state index in [0.717, 1.165) is 49.5 Å². The quantitative estimate of drug-likeness (QED) is 0.113. The first kappa shape index (κ1) is 38.2. The molecular formula is C32H39N7O9. The van der Waals surface area contributed by atoms with E-state index in [0.29, 0.717) is 55.2 Å². The van der Waals surface area contributed by atoms with Gasteiger partial charge in [0.05, 0.1) is 6.54 Å². The van der Waals surface area contributed by atoms with Crippen molar-refractivity contribution in [1.82, 2.24) is 19.9 Å². The predicted octanol–water partition coefficient (Wildman–Crippen LogP) is 3.34. The molecule has 4 rings (SSSR count). The number of hydrogen-bond acceptors (Lipinski definition) is 12. The average molecular weight is 666 g/mol. The zero-order chi connectivity index (χ0) is 35.3. The molecule has 0 unspecified atom stereocenters. The van der Waals surface area contributed by atoms with Gasteiger partial charge in [-0.2, -0.15) is 15.0 Å². The number of carboxylic acid groups (broad SMARTS) is 4. The molecule has 0 saturated carbocycles. The second-order valence-electron chi connectivity index (χ2n) is 9.72. The molecule has 0 aliphatic carbocycles. The summed E-state index contributed by atoms with van der Waals surface area (Å²) in [7, 11) is 0. The maximum Gasteiger partial charge on any atom is 0.328 e. The molecule has 6 N–H and O–H groups in total. The molecule has 1 aliphatic rings. The second-order valence-corrected chi connectivity index (χ2v) is 9.72. The number of nitrogens with zero attached hydrogens (tertiary/aromatic N) is 5. The molecule has 0 bridgehead atoms. The van der Waals surface area contributed by atoms with Gasteiger partial charge in [0.1, 0.15) is 11.3 Å². The summed E-state index contributed by atoms with van der Waals surface area (Å²) in [6.07, 6.45) is 10.3. The summed E-state index contributed by atoms with van der Waals surface area (Å²) in [6, 6.07) is 10.3. The molecule has 0 atom stereocenters. The molecule has 3 aromatic rings. The Balaban J connectivity index is 0.000000414. The fourth-order valence-electron chi connectivity index (χ4n) is 3.93. The van der Waals surface area contributed by atoms with Crippen LogP contribution >= 0.6 is 0 Å². The number of benzene rings is 1. The number of hydrogen-bond donors (Lipinski definition) is 6. The van der Waals surface area contributed by atoms with Gasteiger partial charge >= 0.3 is 23.9 Å². The summed E-state index contributed by atoms with van der Waals surface area (Å²) >= 11 is 0. The Labute approximate surface area is 276 Å². The van der Waals surface area contributed by atoms with Gasteiger partial charge < -0.3 is 40.4 Å². The van der Waals surface area contributed by atoms with E-state index in [1.54, 1.807) is 0 Å². The number of carbonyl (C=O) groups is 4. The van der Waals surface area contributed by atoms with Crippen LogP contribution in [0.1, 0.15) is 19.6 Å². The number of nitrogens with one attached hydrogen (secondary N) is 2. The zero-order valence-electron chi connectivity index (χ0n) is 26.5. The van der Waals surface area contributed by atoms with Gasteiger partial charge in [-0.05, 0) is 26.0 Å². The Hall–Kier alpha value is -6.03. The Kier molecular flexibility index (Phi) is 16.6. The number of aromatic nitrogens is 3. The summed E-state index contributed by atoms with van der Waals surface area (Å²) < 4.78 is 5.99. The number of allylic oxidation sites excluding steroid dienone is 2. The number of anilines is 3. The van der Waals surface area contributed by atoms with E-state index in [9.17, 15) is 19.2 Å². The highest BCUT2D eigenvalue weighted by atomic mass is 16.4.